The van der Waals surface area contributed by atoms with Crippen molar-refractivity contribution in [1.82, 2.24) is 10.3 Å². The number of urea groups is 1. The Hall–Kier alpha value is -3.21. The molecule has 0 bridgehead atoms. The maximum Gasteiger partial charge on any atom is 0.404 e. The molecule has 0 spiro atoms. The molecule has 3 aromatic rings. The molecule has 3 amide bonds. The quantitative estimate of drug-likeness (QED) is 0.556. The zero-order valence-electron chi connectivity index (χ0n) is 16.8. The molecule has 2 aromatic carbocycles. The van der Waals surface area contributed by atoms with Crippen LogP contribution in [0.25, 0.3) is 10.2 Å². The van der Waals surface area contributed by atoms with Crippen LogP contribution in [-0.4, -0.2) is 42.7 Å². The molecular weight excluding hydrogens is 448 g/mol. The van der Waals surface area contributed by atoms with Crippen LogP contribution in [0.3, 0.4) is 0 Å². The van der Waals surface area contributed by atoms with Crippen LogP contribution >= 0.6 is 11.3 Å². The van der Waals surface area contributed by atoms with E-state index >= 15 is 0 Å². The highest BCUT2D eigenvalue weighted by Gasteiger charge is 2.46. The van der Waals surface area contributed by atoms with Crippen molar-refractivity contribution >= 4 is 44.3 Å². The Labute approximate surface area is 184 Å². The minimum atomic E-state index is -4.75. The third kappa shape index (κ3) is 4.12. The summed E-state index contributed by atoms with van der Waals surface area (Å²) in [7, 11) is 0. The van der Waals surface area contributed by atoms with Gasteiger partial charge in [0.15, 0.2) is 11.0 Å². The Morgan fingerprint density at radius 2 is 1.84 bits per heavy atom. The van der Waals surface area contributed by atoms with Crippen LogP contribution in [0, 0.1) is 5.82 Å². The SMILES string of the molecule is CCNC(=O)C(c1ccc2nc(N3CCN(c4ccc(F)cc4)C3=O)sc2c1)C(F)(F)F. The summed E-state index contributed by atoms with van der Waals surface area (Å²) in [5.74, 6) is -3.82. The van der Waals surface area contributed by atoms with Crippen LogP contribution in [0.5, 0.6) is 0 Å². The number of hydrogen-bond donors (Lipinski definition) is 1. The molecule has 1 unspecified atom stereocenters. The lowest BCUT2D eigenvalue weighted by Crippen LogP contribution is -2.37. The minimum absolute atomic E-state index is 0.0833. The molecule has 32 heavy (non-hydrogen) atoms. The number of nitrogens with zero attached hydrogens (tertiary/aromatic N) is 3. The number of benzene rings is 2. The summed E-state index contributed by atoms with van der Waals surface area (Å²) in [6.45, 7) is 2.32. The predicted molar refractivity (Wildman–Crippen MR) is 114 cm³/mol. The molecule has 0 saturated carbocycles. The van der Waals surface area contributed by atoms with Crippen LogP contribution in [0.4, 0.5) is 33.2 Å². The number of rotatable bonds is 5. The summed E-state index contributed by atoms with van der Waals surface area (Å²) in [5, 5.41) is 2.57. The smallest absolute Gasteiger partial charge is 0.356 e. The number of anilines is 2. The maximum absolute atomic E-state index is 13.6. The normalized spacial score (nSPS) is 15.5. The second kappa shape index (κ2) is 8.38. The van der Waals surface area contributed by atoms with Crippen LogP contribution in [0.15, 0.2) is 42.5 Å². The first kappa shape index (κ1) is 22.0. The van der Waals surface area contributed by atoms with Gasteiger partial charge >= 0.3 is 12.2 Å². The molecule has 1 aliphatic heterocycles. The molecule has 6 nitrogen and oxygen atoms in total. The van der Waals surface area contributed by atoms with Crippen molar-refractivity contribution in [2.45, 2.75) is 19.0 Å². The third-order valence-electron chi connectivity index (χ3n) is 5.05. The topological polar surface area (TPSA) is 65.5 Å². The first-order valence-corrected chi connectivity index (χ1v) is 10.6. The fraction of sp³-hybridized carbons (Fsp3) is 0.286. The van der Waals surface area contributed by atoms with Crippen molar-refractivity contribution in [3.05, 3.63) is 53.8 Å². The van der Waals surface area contributed by atoms with E-state index in [-0.39, 0.29) is 18.1 Å². The predicted octanol–water partition coefficient (Wildman–Crippen LogP) is 4.66. The maximum atomic E-state index is 13.6. The molecular formula is C21H18F4N4O2S. The lowest BCUT2D eigenvalue weighted by atomic mass is 9.97. The number of nitrogens with one attached hydrogen (secondary N) is 1. The summed E-state index contributed by atoms with van der Waals surface area (Å²) in [6.07, 6.45) is -4.75. The van der Waals surface area contributed by atoms with Crippen molar-refractivity contribution in [3.63, 3.8) is 0 Å². The summed E-state index contributed by atoms with van der Waals surface area (Å²) < 4.78 is 54.3. The molecule has 168 valence electrons. The Bertz CT molecular complexity index is 1160. The number of hydrogen-bond acceptors (Lipinski definition) is 4. The number of aromatic nitrogens is 1. The fourth-order valence-corrected chi connectivity index (χ4v) is 4.60. The first-order valence-electron chi connectivity index (χ1n) is 9.78. The first-order chi connectivity index (χ1) is 15.2. The molecule has 4 rings (SSSR count). The van der Waals surface area contributed by atoms with Crippen LogP contribution in [-0.2, 0) is 4.79 Å². The number of thiazole rings is 1. The third-order valence-corrected chi connectivity index (χ3v) is 6.09. The van der Waals surface area contributed by atoms with E-state index in [0.29, 0.717) is 34.1 Å². The molecule has 0 radical (unpaired) electrons. The molecule has 1 atom stereocenters. The van der Waals surface area contributed by atoms with Gasteiger partial charge in [0.05, 0.1) is 10.2 Å². The largest absolute Gasteiger partial charge is 0.404 e. The fourth-order valence-electron chi connectivity index (χ4n) is 3.56. The summed E-state index contributed by atoms with van der Waals surface area (Å²) >= 11 is 1.07. The summed E-state index contributed by atoms with van der Waals surface area (Å²) in [4.78, 5) is 32.2. The Morgan fingerprint density at radius 3 is 2.50 bits per heavy atom. The van der Waals surface area contributed by atoms with Gasteiger partial charge in [-0.25, -0.2) is 14.2 Å². The molecule has 11 heteroatoms. The van der Waals surface area contributed by atoms with Gasteiger partial charge in [0.1, 0.15) is 5.82 Å². The molecule has 1 aliphatic rings. The number of carbonyl (C=O) groups excluding carboxylic acids is 2. The number of fused-ring (bicyclic) bond motifs is 1. The molecule has 1 N–H and O–H groups in total. The lowest BCUT2D eigenvalue weighted by molar-refractivity contribution is -0.164. The van der Waals surface area contributed by atoms with Gasteiger partial charge in [-0.3, -0.25) is 14.6 Å². The average molecular weight is 466 g/mol. The van der Waals surface area contributed by atoms with Gasteiger partial charge in [-0.2, -0.15) is 13.2 Å². The van der Waals surface area contributed by atoms with Crippen molar-refractivity contribution in [1.29, 1.82) is 0 Å². The van der Waals surface area contributed by atoms with Crippen LogP contribution in [0.1, 0.15) is 18.4 Å². The standard InChI is InChI=1S/C21H18F4N4O2S/c1-2-26-18(30)17(21(23,24)25)12-3-8-15-16(11-12)32-19(27-15)29-10-9-28(20(29)31)14-6-4-13(22)5-7-14/h3-8,11,17H,2,9-10H2,1H3,(H,26,30). The lowest BCUT2D eigenvalue weighted by Gasteiger charge is -2.19. The Morgan fingerprint density at radius 1 is 1.16 bits per heavy atom. The van der Waals surface area contributed by atoms with E-state index in [2.05, 4.69) is 10.3 Å². The van der Waals surface area contributed by atoms with Gasteiger partial charge in [0.2, 0.25) is 5.91 Å². The van der Waals surface area contributed by atoms with E-state index in [1.807, 2.05) is 0 Å². The number of alkyl halides is 3. The van der Waals surface area contributed by atoms with Gasteiger partial charge in [0, 0.05) is 25.3 Å². The molecule has 1 saturated heterocycles. The van der Waals surface area contributed by atoms with Gasteiger partial charge < -0.3 is 5.32 Å². The second-order valence-corrected chi connectivity index (χ2v) is 8.16. The van der Waals surface area contributed by atoms with Crippen LogP contribution < -0.4 is 15.1 Å². The Balaban J connectivity index is 1.62. The number of likely N-dealkylation sites (N-methyl/N-ethyl adjacent to an activating group) is 1. The zero-order valence-corrected chi connectivity index (χ0v) is 17.6. The molecule has 1 fully saturated rings. The van der Waals surface area contributed by atoms with E-state index in [9.17, 15) is 27.2 Å². The van der Waals surface area contributed by atoms with Crippen molar-refractivity contribution in [2.24, 2.45) is 0 Å². The van der Waals surface area contributed by atoms with Crippen molar-refractivity contribution < 1.29 is 27.2 Å². The summed E-state index contributed by atoms with van der Waals surface area (Å²) in [6, 6.07) is 9.11. The van der Waals surface area contributed by atoms with E-state index in [0.717, 1.165) is 11.3 Å². The van der Waals surface area contributed by atoms with Crippen molar-refractivity contribution in [3.8, 4) is 0 Å². The van der Waals surface area contributed by atoms with E-state index in [4.69, 9.17) is 0 Å². The average Bonchev–Trinajstić information content (AvgIpc) is 3.30. The van der Waals surface area contributed by atoms with E-state index in [1.54, 1.807) is 6.92 Å². The molecule has 2 heterocycles. The highest BCUT2D eigenvalue weighted by Crippen LogP contribution is 2.38. The molecule has 1 aromatic heterocycles. The van der Waals surface area contributed by atoms with Gasteiger partial charge in [0.25, 0.3) is 0 Å². The van der Waals surface area contributed by atoms with Gasteiger partial charge in [-0.1, -0.05) is 17.4 Å². The summed E-state index contributed by atoms with van der Waals surface area (Å²) in [5.41, 5.74) is 0.780. The minimum Gasteiger partial charge on any atom is -0.356 e. The number of carbonyl (C=O) groups is 2. The van der Waals surface area contributed by atoms with Crippen LogP contribution in [0.2, 0.25) is 0 Å². The van der Waals surface area contributed by atoms with E-state index < -0.39 is 23.8 Å². The Kier molecular flexibility index (Phi) is 5.76. The van der Waals surface area contributed by atoms with Gasteiger partial charge in [-0.05, 0) is 48.9 Å². The van der Waals surface area contributed by atoms with Gasteiger partial charge in [-0.15, -0.1) is 0 Å². The second-order valence-electron chi connectivity index (χ2n) is 7.16. The highest BCUT2D eigenvalue weighted by atomic mass is 32.1. The van der Waals surface area contributed by atoms with E-state index in [1.165, 1.54) is 52.3 Å². The highest BCUT2D eigenvalue weighted by molar-refractivity contribution is 7.22. The number of amides is 3. The monoisotopic (exact) mass is 466 g/mol. The number of halogens is 4. The zero-order chi connectivity index (χ0) is 23.0. The molecule has 0 aliphatic carbocycles. The van der Waals surface area contributed by atoms with Crippen molar-refractivity contribution in [2.75, 3.05) is 29.4 Å².